The molecule has 3 aromatic heterocycles. The first-order chi connectivity index (χ1) is 13.5. The van der Waals surface area contributed by atoms with Crippen molar-refractivity contribution in [3.8, 4) is 0 Å². The van der Waals surface area contributed by atoms with Gasteiger partial charge in [0.15, 0.2) is 17.7 Å². The molecule has 0 saturated carbocycles. The van der Waals surface area contributed by atoms with Gasteiger partial charge in [-0.15, -0.1) is 11.3 Å². The molecule has 1 aliphatic heterocycles. The molecule has 0 radical (unpaired) electrons. The molecule has 5 N–H and O–H groups in total. The van der Waals surface area contributed by atoms with Gasteiger partial charge in [0.05, 0.1) is 12.9 Å². The molecule has 28 heavy (non-hydrogen) atoms. The molecule has 4 heterocycles. The summed E-state index contributed by atoms with van der Waals surface area (Å²) in [5, 5.41) is 31.7. The van der Waals surface area contributed by atoms with Gasteiger partial charge < -0.3 is 30.7 Å². The van der Waals surface area contributed by atoms with Crippen LogP contribution in [0.5, 0.6) is 0 Å². The number of nitrogens with zero attached hydrogens (tertiary/aromatic N) is 5. The summed E-state index contributed by atoms with van der Waals surface area (Å²) in [6, 6.07) is 4.09. The molecular formula is C17H22N6O4S. The Bertz CT molecular complexity index is 949. The molecule has 0 spiro atoms. The van der Waals surface area contributed by atoms with Gasteiger partial charge in [-0.05, 0) is 17.9 Å². The van der Waals surface area contributed by atoms with Crippen LogP contribution in [0.1, 0.15) is 11.1 Å². The number of aliphatic hydroxyl groups excluding tert-OH is 3. The van der Waals surface area contributed by atoms with Gasteiger partial charge >= 0.3 is 0 Å². The molecular weight excluding hydrogens is 384 g/mol. The van der Waals surface area contributed by atoms with Crippen molar-refractivity contribution in [2.75, 3.05) is 30.8 Å². The van der Waals surface area contributed by atoms with Crippen LogP contribution in [-0.2, 0) is 11.2 Å². The van der Waals surface area contributed by atoms with Crippen LogP contribution in [0.4, 0.5) is 11.8 Å². The Kier molecular flexibility index (Phi) is 5.17. The van der Waals surface area contributed by atoms with Crippen molar-refractivity contribution in [3.63, 3.8) is 0 Å². The van der Waals surface area contributed by atoms with E-state index in [1.165, 1.54) is 15.8 Å². The topological polar surface area (TPSA) is 143 Å². The number of hydrogen-bond donors (Lipinski definition) is 4. The number of nitrogens with two attached hydrogens (primary N) is 1. The average Bonchev–Trinajstić information content (AvgIpc) is 3.41. The first-order valence-electron chi connectivity index (χ1n) is 8.85. The maximum Gasteiger partial charge on any atom is 0.229 e. The van der Waals surface area contributed by atoms with Crippen molar-refractivity contribution in [1.82, 2.24) is 19.5 Å². The summed E-state index contributed by atoms with van der Waals surface area (Å²) < 4.78 is 7.09. The Labute approximate surface area is 164 Å². The third kappa shape index (κ3) is 3.31. The first-order valence-corrected chi connectivity index (χ1v) is 9.73. The van der Waals surface area contributed by atoms with E-state index in [-0.39, 0.29) is 5.82 Å². The van der Waals surface area contributed by atoms with E-state index in [4.69, 9.17) is 10.5 Å². The van der Waals surface area contributed by atoms with Crippen LogP contribution < -0.4 is 10.6 Å². The molecule has 11 heteroatoms. The fourth-order valence-corrected chi connectivity index (χ4v) is 3.92. The molecule has 1 saturated heterocycles. The molecule has 0 aliphatic carbocycles. The van der Waals surface area contributed by atoms with Crippen molar-refractivity contribution in [2.45, 2.75) is 31.0 Å². The number of fused-ring (bicyclic) bond motifs is 1. The normalized spacial score (nSPS) is 24.9. The van der Waals surface area contributed by atoms with Crippen LogP contribution in [0.25, 0.3) is 11.2 Å². The summed E-state index contributed by atoms with van der Waals surface area (Å²) in [5.74, 6) is 0.642. The Balaban J connectivity index is 1.63. The number of aliphatic hydroxyl groups is 3. The highest BCUT2D eigenvalue weighted by molar-refractivity contribution is 7.09. The molecule has 4 atom stereocenters. The summed E-state index contributed by atoms with van der Waals surface area (Å²) in [6.07, 6.45) is -1.97. The Morgan fingerprint density at radius 2 is 2.14 bits per heavy atom. The lowest BCUT2D eigenvalue weighted by Crippen LogP contribution is -2.33. The van der Waals surface area contributed by atoms with Gasteiger partial charge in [0.25, 0.3) is 0 Å². The second-order valence-corrected chi connectivity index (χ2v) is 7.74. The molecule has 1 aliphatic rings. The third-order valence-corrected chi connectivity index (χ3v) is 5.78. The van der Waals surface area contributed by atoms with E-state index >= 15 is 0 Å². The van der Waals surface area contributed by atoms with E-state index in [1.807, 2.05) is 23.4 Å². The SMILES string of the molecule is CN(CCc1cccs1)c1nc(N)c2ncn([C@@H]3O[C@H](CO)[C@@H](O)[C@H]3O)c2n1. The fourth-order valence-electron chi connectivity index (χ4n) is 3.23. The van der Waals surface area contributed by atoms with Gasteiger partial charge in [0.1, 0.15) is 23.8 Å². The number of anilines is 2. The third-order valence-electron chi connectivity index (χ3n) is 4.84. The minimum Gasteiger partial charge on any atom is -0.394 e. The van der Waals surface area contributed by atoms with Crippen LogP contribution >= 0.6 is 11.3 Å². The zero-order valence-corrected chi connectivity index (χ0v) is 16.0. The Morgan fingerprint density at radius 3 is 2.82 bits per heavy atom. The van der Waals surface area contributed by atoms with Gasteiger partial charge in [0, 0.05) is 18.5 Å². The van der Waals surface area contributed by atoms with Gasteiger partial charge in [0.2, 0.25) is 5.95 Å². The molecule has 4 rings (SSSR count). The predicted molar refractivity (Wildman–Crippen MR) is 104 cm³/mol. The molecule has 0 bridgehead atoms. The van der Waals surface area contributed by atoms with Gasteiger partial charge in [-0.25, -0.2) is 4.98 Å². The number of aromatic nitrogens is 4. The summed E-state index contributed by atoms with van der Waals surface area (Å²) >= 11 is 1.69. The molecule has 10 nitrogen and oxygen atoms in total. The number of imidazole rings is 1. The highest BCUT2D eigenvalue weighted by Gasteiger charge is 2.44. The van der Waals surface area contributed by atoms with E-state index in [9.17, 15) is 15.3 Å². The van der Waals surface area contributed by atoms with Crippen LogP contribution in [-0.4, -0.2) is 73.3 Å². The number of likely N-dealkylation sites (N-methyl/N-ethyl adjacent to an activating group) is 1. The van der Waals surface area contributed by atoms with Crippen molar-refractivity contribution >= 4 is 34.3 Å². The van der Waals surface area contributed by atoms with E-state index < -0.39 is 31.1 Å². The first kappa shape index (κ1) is 19.0. The maximum absolute atomic E-state index is 10.3. The summed E-state index contributed by atoms with van der Waals surface area (Å²) in [4.78, 5) is 16.3. The Morgan fingerprint density at radius 1 is 1.32 bits per heavy atom. The second-order valence-electron chi connectivity index (χ2n) is 6.71. The van der Waals surface area contributed by atoms with E-state index in [1.54, 1.807) is 11.3 Å². The zero-order valence-electron chi connectivity index (χ0n) is 15.2. The van der Waals surface area contributed by atoms with Crippen LogP contribution in [0.2, 0.25) is 0 Å². The quantitative estimate of drug-likeness (QED) is 0.436. The standard InChI is InChI=1S/C17H22N6O4S/c1-22(5-4-9-3-2-6-28-9)17-20-14(18)11-15(21-17)23(8-19-11)16-13(26)12(25)10(7-24)27-16/h2-3,6,8,10,12-13,16,24-26H,4-5,7H2,1H3,(H2,18,20,21)/t10-,12-,13-,16-/m1/s1. The number of nitrogen functional groups attached to an aromatic ring is 1. The molecule has 1 fully saturated rings. The highest BCUT2D eigenvalue weighted by Crippen LogP contribution is 2.32. The predicted octanol–water partition coefficient (Wildman–Crippen LogP) is -0.240. The molecule has 3 aromatic rings. The van der Waals surface area contributed by atoms with E-state index in [0.717, 1.165) is 6.42 Å². The zero-order chi connectivity index (χ0) is 19.8. The van der Waals surface area contributed by atoms with Crippen molar-refractivity contribution in [3.05, 3.63) is 28.7 Å². The van der Waals surface area contributed by atoms with E-state index in [0.29, 0.717) is 23.7 Å². The fraction of sp³-hybridized carbons (Fsp3) is 0.471. The lowest BCUT2D eigenvalue weighted by molar-refractivity contribution is -0.0511. The summed E-state index contributed by atoms with van der Waals surface area (Å²) in [7, 11) is 1.88. The van der Waals surface area contributed by atoms with E-state index in [2.05, 4.69) is 21.0 Å². The number of ether oxygens (including phenoxy) is 1. The van der Waals surface area contributed by atoms with Crippen molar-refractivity contribution < 1.29 is 20.1 Å². The average molecular weight is 406 g/mol. The van der Waals surface area contributed by atoms with Crippen LogP contribution in [0, 0.1) is 0 Å². The maximum atomic E-state index is 10.3. The minimum atomic E-state index is -1.23. The summed E-state index contributed by atoms with van der Waals surface area (Å²) in [5.41, 5.74) is 6.84. The van der Waals surface area contributed by atoms with Gasteiger partial charge in [-0.2, -0.15) is 9.97 Å². The second kappa shape index (κ2) is 7.60. The number of rotatable bonds is 6. The highest BCUT2D eigenvalue weighted by atomic mass is 32.1. The van der Waals surface area contributed by atoms with Gasteiger partial charge in [-0.1, -0.05) is 6.07 Å². The number of thiophene rings is 1. The van der Waals surface area contributed by atoms with Crippen LogP contribution in [0.15, 0.2) is 23.8 Å². The lowest BCUT2D eigenvalue weighted by atomic mass is 10.1. The van der Waals surface area contributed by atoms with Crippen LogP contribution in [0.3, 0.4) is 0 Å². The lowest BCUT2D eigenvalue weighted by Gasteiger charge is -2.19. The largest absolute Gasteiger partial charge is 0.394 e. The molecule has 150 valence electrons. The molecule has 0 unspecified atom stereocenters. The van der Waals surface area contributed by atoms with Crippen molar-refractivity contribution in [2.24, 2.45) is 0 Å². The number of hydrogen-bond acceptors (Lipinski definition) is 10. The molecule has 0 aromatic carbocycles. The van der Waals surface area contributed by atoms with Crippen molar-refractivity contribution in [1.29, 1.82) is 0 Å². The smallest absolute Gasteiger partial charge is 0.229 e. The van der Waals surface area contributed by atoms with Gasteiger partial charge in [-0.3, -0.25) is 4.57 Å². The Hall–Kier alpha value is -2.31. The summed E-state index contributed by atoms with van der Waals surface area (Å²) in [6.45, 7) is 0.294. The monoisotopic (exact) mass is 406 g/mol. The molecule has 0 amide bonds. The minimum absolute atomic E-state index is 0.216.